The molecule has 6 nitrogen and oxygen atoms in total. The van der Waals surface area contributed by atoms with Crippen LogP contribution in [-0.4, -0.2) is 37.0 Å². The van der Waals surface area contributed by atoms with Crippen LogP contribution in [0.1, 0.15) is 43.0 Å². The maximum absolute atomic E-state index is 12.8. The van der Waals surface area contributed by atoms with E-state index in [4.69, 9.17) is 4.74 Å². The van der Waals surface area contributed by atoms with E-state index >= 15 is 0 Å². The SMILES string of the molecule is C[C@H]1CCCC[C@@H]1NC(=O)COC(=O)CNC(=O)c1ccc(F)cc1. The van der Waals surface area contributed by atoms with E-state index in [9.17, 15) is 18.8 Å². The smallest absolute Gasteiger partial charge is 0.325 e. The average molecular weight is 350 g/mol. The summed E-state index contributed by atoms with van der Waals surface area (Å²) in [5.74, 6) is -1.59. The van der Waals surface area contributed by atoms with Crippen LogP contribution in [-0.2, 0) is 14.3 Å². The molecule has 0 radical (unpaired) electrons. The molecule has 1 aliphatic carbocycles. The van der Waals surface area contributed by atoms with Crippen molar-refractivity contribution in [1.82, 2.24) is 10.6 Å². The highest BCUT2D eigenvalue weighted by molar-refractivity contribution is 5.96. The number of ether oxygens (including phenoxy) is 1. The van der Waals surface area contributed by atoms with Crippen molar-refractivity contribution >= 4 is 17.8 Å². The highest BCUT2D eigenvalue weighted by Crippen LogP contribution is 2.23. The van der Waals surface area contributed by atoms with Crippen LogP contribution in [0.3, 0.4) is 0 Å². The summed E-state index contributed by atoms with van der Waals surface area (Å²) in [6.07, 6.45) is 4.29. The van der Waals surface area contributed by atoms with Crippen molar-refractivity contribution < 1.29 is 23.5 Å². The van der Waals surface area contributed by atoms with Gasteiger partial charge in [0.1, 0.15) is 12.4 Å². The normalized spacial score (nSPS) is 19.8. The van der Waals surface area contributed by atoms with Gasteiger partial charge in [0.25, 0.3) is 11.8 Å². The van der Waals surface area contributed by atoms with Gasteiger partial charge in [0.2, 0.25) is 0 Å². The molecule has 0 spiro atoms. The fraction of sp³-hybridized carbons (Fsp3) is 0.500. The minimum atomic E-state index is -0.706. The molecule has 7 heteroatoms. The lowest BCUT2D eigenvalue weighted by atomic mass is 9.86. The molecule has 136 valence electrons. The highest BCUT2D eigenvalue weighted by Gasteiger charge is 2.23. The van der Waals surface area contributed by atoms with Gasteiger partial charge >= 0.3 is 5.97 Å². The molecule has 1 fully saturated rings. The zero-order valence-corrected chi connectivity index (χ0v) is 14.2. The van der Waals surface area contributed by atoms with Gasteiger partial charge in [0, 0.05) is 11.6 Å². The molecule has 1 aromatic rings. The summed E-state index contributed by atoms with van der Waals surface area (Å²) in [6.45, 7) is 1.37. The van der Waals surface area contributed by atoms with Crippen molar-refractivity contribution in [2.75, 3.05) is 13.2 Å². The van der Waals surface area contributed by atoms with Crippen LogP contribution in [0, 0.1) is 11.7 Å². The first-order valence-electron chi connectivity index (χ1n) is 8.44. The van der Waals surface area contributed by atoms with Gasteiger partial charge in [0.15, 0.2) is 6.61 Å². The topological polar surface area (TPSA) is 84.5 Å². The van der Waals surface area contributed by atoms with Crippen LogP contribution in [0.25, 0.3) is 0 Å². The predicted molar refractivity (Wildman–Crippen MR) is 89.3 cm³/mol. The minimum Gasteiger partial charge on any atom is -0.454 e. The minimum absolute atomic E-state index is 0.123. The van der Waals surface area contributed by atoms with Gasteiger partial charge in [-0.15, -0.1) is 0 Å². The molecule has 2 rings (SSSR count). The Morgan fingerprint density at radius 2 is 1.84 bits per heavy atom. The van der Waals surface area contributed by atoms with E-state index in [0.717, 1.165) is 31.4 Å². The molecule has 2 N–H and O–H groups in total. The molecule has 0 aromatic heterocycles. The molecule has 25 heavy (non-hydrogen) atoms. The zero-order valence-electron chi connectivity index (χ0n) is 14.2. The summed E-state index contributed by atoms with van der Waals surface area (Å²) < 4.78 is 17.6. The molecule has 1 aromatic carbocycles. The number of hydrogen-bond acceptors (Lipinski definition) is 4. The Morgan fingerprint density at radius 3 is 2.52 bits per heavy atom. The Hall–Kier alpha value is -2.44. The third kappa shape index (κ3) is 6.17. The van der Waals surface area contributed by atoms with Crippen molar-refractivity contribution in [3.05, 3.63) is 35.6 Å². The summed E-state index contributed by atoms with van der Waals surface area (Å²) in [7, 11) is 0. The van der Waals surface area contributed by atoms with Gasteiger partial charge in [-0.3, -0.25) is 14.4 Å². The molecular formula is C18H23FN2O4. The van der Waals surface area contributed by atoms with Crippen molar-refractivity contribution in [3.63, 3.8) is 0 Å². The first kappa shape index (κ1) is 18.9. The standard InChI is InChI=1S/C18H23FN2O4/c1-12-4-2-3-5-15(12)21-16(22)11-25-17(23)10-20-18(24)13-6-8-14(19)9-7-13/h6-9,12,15H,2-5,10-11H2,1H3,(H,20,24)(H,21,22)/t12-,15-/m0/s1. The summed E-state index contributed by atoms with van der Waals surface area (Å²) >= 11 is 0. The maximum Gasteiger partial charge on any atom is 0.325 e. The number of esters is 1. The predicted octanol–water partition coefficient (Wildman–Crippen LogP) is 1.79. The lowest BCUT2D eigenvalue weighted by molar-refractivity contribution is -0.147. The van der Waals surface area contributed by atoms with Crippen molar-refractivity contribution in [3.8, 4) is 0 Å². The van der Waals surface area contributed by atoms with Crippen LogP contribution >= 0.6 is 0 Å². The van der Waals surface area contributed by atoms with E-state index in [-0.39, 0.29) is 30.7 Å². The fourth-order valence-corrected chi connectivity index (χ4v) is 2.83. The van der Waals surface area contributed by atoms with E-state index in [0.29, 0.717) is 5.92 Å². The van der Waals surface area contributed by atoms with Gasteiger partial charge in [-0.25, -0.2) is 4.39 Å². The molecule has 1 aliphatic rings. The second-order valence-electron chi connectivity index (χ2n) is 6.29. The Balaban J connectivity index is 1.67. The number of halogens is 1. The Morgan fingerprint density at radius 1 is 1.16 bits per heavy atom. The number of benzene rings is 1. The number of nitrogens with one attached hydrogen (secondary N) is 2. The fourth-order valence-electron chi connectivity index (χ4n) is 2.83. The molecule has 0 saturated heterocycles. The number of hydrogen-bond donors (Lipinski definition) is 2. The van der Waals surface area contributed by atoms with Gasteiger partial charge in [-0.2, -0.15) is 0 Å². The molecule has 0 aliphatic heterocycles. The van der Waals surface area contributed by atoms with Crippen LogP contribution in [0.5, 0.6) is 0 Å². The first-order chi connectivity index (χ1) is 12.0. The van der Waals surface area contributed by atoms with Gasteiger partial charge in [-0.1, -0.05) is 19.8 Å². The monoisotopic (exact) mass is 350 g/mol. The number of carbonyl (C=O) groups is 3. The third-order valence-electron chi connectivity index (χ3n) is 4.32. The quantitative estimate of drug-likeness (QED) is 0.766. The van der Waals surface area contributed by atoms with Gasteiger partial charge < -0.3 is 15.4 Å². The van der Waals surface area contributed by atoms with Crippen LogP contribution in [0.2, 0.25) is 0 Å². The van der Waals surface area contributed by atoms with Crippen molar-refractivity contribution in [1.29, 1.82) is 0 Å². The molecule has 0 bridgehead atoms. The molecular weight excluding hydrogens is 327 g/mol. The number of amides is 2. The van der Waals surface area contributed by atoms with Crippen LogP contribution < -0.4 is 10.6 Å². The zero-order chi connectivity index (χ0) is 18.2. The van der Waals surface area contributed by atoms with Crippen LogP contribution in [0.15, 0.2) is 24.3 Å². The van der Waals surface area contributed by atoms with E-state index in [1.807, 2.05) is 0 Å². The lowest BCUT2D eigenvalue weighted by Crippen LogP contribution is -2.43. The maximum atomic E-state index is 12.8. The summed E-state index contributed by atoms with van der Waals surface area (Å²) in [5.41, 5.74) is 0.234. The molecule has 1 saturated carbocycles. The Bertz CT molecular complexity index is 618. The largest absolute Gasteiger partial charge is 0.454 e. The Labute approximate surface area is 146 Å². The molecule has 0 unspecified atom stereocenters. The molecule has 0 heterocycles. The highest BCUT2D eigenvalue weighted by atomic mass is 19.1. The summed E-state index contributed by atoms with van der Waals surface area (Å²) in [5, 5.41) is 5.24. The van der Waals surface area contributed by atoms with E-state index in [1.54, 1.807) is 0 Å². The third-order valence-corrected chi connectivity index (χ3v) is 4.32. The second kappa shape index (κ2) is 9.15. The molecule has 2 atom stereocenters. The van der Waals surface area contributed by atoms with Gasteiger partial charge in [-0.05, 0) is 43.0 Å². The number of carbonyl (C=O) groups excluding carboxylic acids is 3. The van der Waals surface area contributed by atoms with Crippen molar-refractivity contribution in [2.24, 2.45) is 5.92 Å². The second-order valence-corrected chi connectivity index (χ2v) is 6.29. The summed E-state index contributed by atoms with van der Waals surface area (Å²) in [4.78, 5) is 35.2. The number of rotatable bonds is 6. The van der Waals surface area contributed by atoms with E-state index in [2.05, 4.69) is 17.6 Å². The van der Waals surface area contributed by atoms with Crippen molar-refractivity contribution in [2.45, 2.75) is 38.6 Å². The lowest BCUT2D eigenvalue weighted by Gasteiger charge is -2.29. The van der Waals surface area contributed by atoms with Crippen LogP contribution in [0.4, 0.5) is 4.39 Å². The van der Waals surface area contributed by atoms with E-state index in [1.165, 1.54) is 18.6 Å². The molecule has 2 amide bonds. The first-order valence-corrected chi connectivity index (χ1v) is 8.44. The van der Waals surface area contributed by atoms with E-state index < -0.39 is 17.7 Å². The summed E-state index contributed by atoms with van der Waals surface area (Å²) in [6, 6.07) is 5.06. The Kier molecular flexibility index (Phi) is 6.91. The average Bonchev–Trinajstić information content (AvgIpc) is 2.60. The van der Waals surface area contributed by atoms with Gasteiger partial charge in [0.05, 0.1) is 0 Å².